The normalized spacial score (nSPS) is 16.2. The molecule has 2 heterocycles. The number of aromatic nitrogens is 2. The first kappa shape index (κ1) is 17.3. The van der Waals surface area contributed by atoms with Gasteiger partial charge in [0.2, 0.25) is 5.91 Å². The predicted molar refractivity (Wildman–Crippen MR) is 95.9 cm³/mol. The minimum absolute atomic E-state index is 0.149. The van der Waals surface area contributed by atoms with E-state index in [1.807, 2.05) is 12.3 Å². The van der Waals surface area contributed by atoms with Crippen molar-refractivity contribution in [3.63, 3.8) is 0 Å². The van der Waals surface area contributed by atoms with Gasteiger partial charge in [-0.15, -0.1) is 0 Å². The molecule has 0 spiro atoms. The molecule has 132 valence electrons. The number of hydrogen-bond donors (Lipinski definition) is 1. The van der Waals surface area contributed by atoms with Crippen molar-refractivity contribution >= 4 is 23.5 Å². The van der Waals surface area contributed by atoms with Gasteiger partial charge in [-0.25, -0.2) is 0 Å². The van der Waals surface area contributed by atoms with Crippen molar-refractivity contribution in [1.82, 2.24) is 9.55 Å². The fourth-order valence-electron chi connectivity index (χ4n) is 3.09. The third-order valence-electron chi connectivity index (χ3n) is 4.30. The number of benzene rings is 1. The summed E-state index contributed by atoms with van der Waals surface area (Å²) < 4.78 is 12.4. The molecule has 3 rings (SSSR count). The molecule has 1 aromatic heterocycles. The number of methoxy groups -OCH3 is 2. The van der Waals surface area contributed by atoms with Crippen LogP contribution in [0.25, 0.3) is 0 Å². The molecule has 8 heteroatoms. The first-order chi connectivity index (χ1) is 12.0. The second-order valence-electron chi connectivity index (χ2n) is 5.64. The Balaban J connectivity index is 2.23. The Morgan fingerprint density at radius 1 is 1.28 bits per heavy atom. The number of nitrogens with zero attached hydrogens (tertiary/aromatic N) is 2. The summed E-state index contributed by atoms with van der Waals surface area (Å²) in [6, 6.07) is 5.36. The number of carbonyl (C=O) groups is 1. The number of hydrogen-bond acceptors (Lipinski definition) is 6. The molecule has 0 bridgehead atoms. The van der Waals surface area contributed by atoms with Gasteiger partial charge in [-0.2, -0.15) is 4.98 Å². The van der Waals surface area contributed by atoms with Crippen LogP contribution in [0.2, 0.25) is 0 Å². The third kappa shape index (κ3) is 2.97. The van der Waals surface area contributed by atoms with Crippen LogP contribution in [-0.2, 0) is 11.8 Å². The molecule has 1 amide bonds. The van der Waals surface area contributed by atoms with Crippen molar-refractivity contribution in [2.24, 2.45) is 7.05 Å². The Morgan fingerprint density at radius 2 is 2.04 bits per heavy atom. The largest absolute Gasteiger partial charge is 0.497 e. The van der Waals surface area contributed by atoms with Gasteiger partial charge in [-0.3, -0.25) is 9.59 Å². The lowest BCUT2D eigenvalue weighted by Crippen LogP contribution is -2.33. The zero-order valence-corrected chi connectivity index (χ0v) is 15.3. The van der Waals surface area contributed by atoms with E-state index < -0.39 is 5.92 Å². The molecule has 1 unspecified atom stereocenters. The zero-order chi connectivity index (χ0) is 18.1. The first-order valence-corrected chi connectivity index (χ1v) is 8.89. The van der Waals surface area contributed by atoms with Gasteiger partial charge in [0.25, 0.3) is 5.56 Å². The van der Waals surface area contributed by atoms with E-state index in [-0.39, 0.29) is 17.9 Å². The van der Waals surface area contributed by atoms with E-state index in [2.05, 4.69) is 10.3 Å². The summed E-state index contributed by atoms with van der Waals surface area (Å²) in [5.41, 5.74) is 0.902. The van der Waals surface area contributed by atoms with Crippen LogP contribution in [0.4, 0.5) is 5.82 Å². The minimum atomic E-state index is -0.424. The predicted octanol–water partition coefficient (Wildman–Crippen LogP) is 1.99. The van der Waals surface area contributed by atoms with Gasteiger partial charge < -0.3 is 19.4 Å². The van der Waals surface area contributed by atoms with Crippen molar-refractivity contribution in [2.45, 2.75) is 17.5 Å². The molecule has 0 radical (unpaired) electrons. The van der Waals surface area contributed by atoms with Crippen LogP contribution in [0, 0.1) is 0 Å². The van der Waals surface area contributed by atoms with E-state index in [1.54, 1.807) is 38.0 Å². The molecule has 1 aromatic carbocycles. The van der Waals surface area contributed by atoms with Gasteiger partial charge in [0.15, 0.2) is 5.16 Å². The summed E-state index contributed by atoms with van der Waals surface area (Å²) in [7, 11) is 4.90. The Kier molecular flexibility index (Phi) is 4.71. The highest BCUT2D eigenvalue weighted by Crippen LogP contribution is 2.40. The van der Waals surface area contributed by atoms with Gasteiger partial charge in [0.05, 0.1) is 19.8 Å². The number of thioether (sulfide) groups is 1. The molecule has 0 aliphatic carbocycles. The zero-order valence-electron chi connectivity index (χ0n) is 14.5. The molecular weight excluding hydrogens is 342 g/mol. The maximum absolute atomic E-state index is 12.7. The summed E-state index contributed by atoms with van der Waals surface area (Å²) in [6.07, 6.45) is 1.99. The second kappa shape index (κ2) is 6.79. The van der Waals surface area contributed by atoms with Crippen LogP contribution in [-0.4, -0.2) is 35.9 Å². The number of rotatable bonds is 4. The summed E-state index contributed by atoms with van der Waals surface area (Å²) in [6.45, 7) is 0. The lowest BCUT2D eigenvalue weighted by Gasteiger charge is -2.28. The van der Waals surface area contributed by atoms with Gasteiger partial charge >= 0.3 is 0 Å². The van der Waals surface area contributed by atoms with Crippen LogP contribution in [0.5, 0.6) is 11.5 Å². The first-order valence-electron chi connectivity index (χ1n) is 7.66. The fraction of sp³-hybridized carbons (Fsp3) is 0.353. The van der Waals surface area contributed by atoms with Crippen molar-refractivity contribution in [1.29, 1.82) is 0 Å². The standard InChI is InChI=1S/C17H19N3O4S/c1-20-15-14(16(22)19-17(20)25-4)11(8-13(21)18-15)10-6-5-9(23-2)7-12(10)24-3/h5-7,11H,8H2,1-4H3,(H,18,21). The van der Waals surface area contributed by atoms with E-state index in [9.17, 15) is 9.59 Å². The molecule has 7 nitrogen and oxygen atoms in total. The van der Waals surface area contributed by atoms with Crippen LogP contribution in [0.1, 0.15) is 23.5 Å². The monoisotopic (exact) mass is 361 g/mol. The Hall–Kier alpha value is -2.48. The lowest BCUT2D eigenvalue weighted by atomic mass is 9.86. The van der Waals surface area contributed by atoms with Gasteiger partial charge in [0, 0.05) is 31.0 Å². The number of anilines is 1. The Morgan fingerprint density at radius 3 is 2.68 bits per heavy atom. The lowest BCUT2D eigenvalue weighted by molar-refractivity contribution is -0.116. The highest BCUT2D eigenvalue weighted by Gasteiger charge is 2.33. The average molecular weight is 361 g/mol. The molecule has 1 aliphatic rings. The number of fused-ring (bicyclic) bond motifs is 1. The molecule has 1 atom stereocenters. The maximum atomic E-state index is 12.7. The van der Waals surface area contributed by atoms with E-state index >= 15 is 0 Å². The van der Waals surface area contributed by atoms with Crippen molar-refractivity contribution in [3.8, 4) is 11.5 Å². The smallest absolute Gasteiger partial charge is 0.279 e. The quantitative estimate of drug-likeness (QED) is 0.662. The van der Waals surface area contributed by atoms with Crippen LogP contribution < -0.4 is 20.3 Å². The highest BCUT2D eigenvalue weighted by atomic mass is 32.2. The molecule has 25 heavy (non-hydrogen) atoms. The SMILES string of the molecule is COc1ccc(C2CC(=O)Nc3c2c(=O)nc(SC)n3C)c(OC)c1. The molecule has 0 saturated heterocycles. The van der Waals surface area contributed by atoms with Gasteiger partial charge in [0.1, 0.15) is 17.3 Å². The second-order valence-corrected chi connectivity index (χ2v) is 6.41. The van der Waals surface area contributed by atoms with Crippen LogP contribution in [0.15, 0.2) is 28.2 Å². The van der Waals surface area contributed by atoms with Gasteiger partial charge in [-0.05, 0) is 12.3 Å². The minimum Gasteiger partial charge on any atom is -0.497 e. The molecule has 0 saturated carbocycles. The average Bonchev–Trinajstić information content (AvgIpc) is 2.63. The van der Waals surface area contributed by atoms with E-state index in [0.717, 1.165) is 5.56 Å². The number of ether oxygens (including phenoxy) is 2. The van der Waals surface area contributed by atoms with Crippen molar-refractivity contribution in [3.05, 3.63) is 39.7 Å². The van der Waals surface area contributed by atoms with Crippen LogP contribution >= 0.6 is 11.8 Å². The summed E-state index contributed by atoms with van der Waals surface area (Å²) in [5.74, 6) is 1.13. The van der Waals surface area contributed by atoms with Crippen LogP contribution in [0.3, 0.4) is 0 Å². The number of amides is 1. The van der Waals surface area contributed by atoms with E-state index in [4.69, 9.17) is 9.47 Å². The third-order valence-corrected chi connectivity index (χ3v) is 5.03. The summed E-state index contributed by atoms with van der Waals surface area (Å²) in [5, 5.41) is 3.36. The molecule has 1 aliphatic heterocycles. The van der Waals surface area contributed by atoms with Crippen molar-refractivity contribution < 1.29 is 14.3 Å². The molecule has 2 aromatic rings. The fourth-order valence-corrected chi connectivity index (χ4v) is 3.63. The summed E-state index contributed by atoms with van der Waals surface area (Å²) in [4.78, 5) is 29.1. The molecular formula is C17H19N3O4S. The van der Waals surface area contributed by atoms with Gasteiger partial charge in [-0.1, -0.05) is 17.8 Å². The topological polar surface area (TPSA) is 82.5 Å². The number of nitrogens with one attached hydrogen (secondary N) is 1. The van der Waals surface area contributed by atoms with E-state index in [0.29, 0.717) is 28.0 Å². The number of carbonyl (C=O) groups excluding carboxylic acids is 1. The molecule has 1 N–H and O–H groups in total. The highest BCUT2D eigenvalue weighted by molar-refractivity contribution is 7.98. The van der Waals surface area contributed by atoms with E-state index in [1.165, 1.54) is 11.8 Å². The maximum Gasteiger partial charge on any atom is 0.279 e. The Labute approximate surface area is 149 Å². The molecule has 0 fully saturated rings. The van der Waals surface area contributed by atoms with Crippen molar-refractivity contribution in [2.75, 3.05) is 25.8 Å². The summed E-state index contributed by atoms with van der Waals surface area (Å²) >= 11 is 1.35. The Bertz CT molecular complexity index is 894.